The van der Waals surface area contributed by atoms with Crippen LogP contribution in [0.3, 0.4) is 0 Å². The highest BCUT2D eigenvalue weighted by molar-refractivity contribution is 5.51. The Hall–Kier alpha value is -1.02. The van der Waals surface area contributed by atoms with E-state index >= 15 is 0 Å². The monoisotopic (exact) mass is 234 g/mol. The smallest absolute Gasteiger partial charge is 0.0374 e. The van der Waals surface area contributed by atoms with Crippen molar-refractivity contribution in [3.05, 3.63) is 29.8 Å². The molecule has 1 aromatic rings. The Morgan fingerprint density at radius 3 is 2.41 bits per heavy atom. The number of rotatable bonds is 6. The lowest BCUT2D eigenvalue weighted by Crippen LogP contribution is -2.32. The van der Waals surface area contributed by atoms with Gasteiger partial charge in [0.05, 0.1) is 0 Å². The molecule has 1 aromatic carbocycles. The summed E-state index contributed by atoms with van der Waals surface area (Å²) < 4.78 is 0. The van der Waals surface area contributed by atoms with E-state index in [4.69, 9.17) is 0 Å². The number of hydrogen-bond acceptors (Lipinski definition) is 2. The Kier molecular flexibility index (Phi) is 5.49. The molecular weight excluding hydrogens is 208 g/mol. The van der Waals surface area contributed by atoms with Gasteiger partial charge in [-0.3, -0.25) is 0 Å². The molecule has 1 N–H and O–H groups in total. The predicted octanol–water partition coefficient (Wildman–Crippen LogP) is 3.25. The molecule has 0 aliphatic heterocycles. The average Bonchev–Trinajstić information content (AvgIpc) is 2.28. The summed E-state index contributed by atoms with van der Waals surface area (Å²) in [7, 11) is 4.26. The van der Waals surface area contributed by atoms with Gasteiger partial charge >= 0.3 is 0 Å². The van der Waals surface area contributed by atoms with E-state index in [2.05, 4.69) is 69.3 Å². The largest absolute Gasteiger partial charge is 0.382 e. The van der Waals surface area contributed by atoms with E-state index in [0.717, 1.165) is 13.0 Å². The first kappa shape index (κ1) is 14.0. The van der Waals surface area contributed by atoms with Crippen LogP contribution in [0.1, 0.15) is 26.3 Å². The Morgan fingerprint density at radius 2 is 1.82 bits per heavy atom. The molecule has 0 spiro atoms. The first-order valence-corrected chi connectivity index (χ1v) is 6.53. The topological polar surface area (TPSA) is 15.3 Å². The van der Waals surface area contributed by atoms with Gasteiger partial charge in [-0.25, -0.2) is 0 Å². The molecule has 1 unspecified atom stereocenters. The van der Waals surface area contributed by atoms with Gasteiger partial charge in [0, 0.05) is 18.3 Å². The van der Waals surface area contributed by atoms with Crippen molar-refractivity contribution in [3.8, 4) is 0 Å². The summed E-state index contributed by atoms with van der Waals surface area (Å²) in [5.41, 5.74) is 2.68. The van der Waals surface area contributed by atoms with Crippen molar-refractivity contribution >= 4 is 5.69 Å². The van der Waals surface area contributed by atoms with Gasteiger partial charge in [0.2, 0.25) is 0 Å². The highest BCUT2D eigenvalue weighted by atomic mass is 15.1. The molecule has 0 aliphatic carbocycles. The third kappa shape index (κ3) is 4.39. The van der Waals surface area contributed by atoms with Crippen LogP contribution >= 0.6 is 0 Å². The molecule has 96 valence electrons. The van der Waals surface area contributed by atoms with E-state index in [1.165, 1.54) is 11.3 Å². The fourth-order valence-corrected chi connectivity index (χ4v) is 2.09. The maximum absolute atomic E-state index is 3.64. The predicted molar refractivity (Wildman–Crippen MR) is 76.6 cm³/mol. The van der Waals surface area contributed by atoms with Crippen LogP contribution in [0.15, 0.2) is 24.3 Å². The molecule has 2 atom stereocenters. The zero-order chi connectivity index (χ0) is 12.8. The second-order valence-corrected chi connectivity index (χ2v) is 5.18. The van der Waals surface area contributed by atoms with Crippen molar-refractivity contribution < 1.29 is 0 Å². The van der Waals surface area contributed by atoms with Gasteiger partial charge < -0.3 is 10.2 Å². The maximum atomic E-state index is 3.64. The lowest BCUT2D eigenvalue weighted by Gasteiger charge is -2.26. The summed E-state index contributed by atoms with van der Waals surface area (Å²) in [5, 5.41) is 3.64. The minimum absolute atomic E-state index is 0.491. The fraction of sp³-hybridized carbons (Fsp3) is 0.600. The summed E-state index contributed by atoms with van der Waals surface area (Å²) in [6.45, 7) is 7.88. The van der Waals surface area contributed by atoms with Gasteiger partial charge in [0.15, 0.2) is 0 Å². The number of benzene rings is 1. The first-order chi connectivity index (χ1) is 8.04. The van der Waals surface area contributed by atoms with E-state index in [-0.39, 0.29) is 0 Å². The van der Waals surface area contributed by atoms with E-state index in [1.54, 1.807) is 0 Å². The Balaban J connectivity index is 2.63. The summed E-state index contributed by atoms with van der Waals surface area (Å²) in [4.78, 5) is 2.24. The van der Waals surface area contributed by atoms with Crippen LogP contribution in [0, 0.1) is 5.92 Å². The van der Waals surface area contributed by atoms with Gasteiger partial charge in [0.25, 0.3) is 0 Å². The quantitative estimate of drug-likeness (QED) is 0.813. The van der Waals surface area contributed by atoms with Gasteiger partial charge in [-0.05, 0) is 45.0 Å². The molecule has 0 bridgehead atoms. The molecule has 2 heteroatoms. The number of nitrogens with zero attached hydrogens (tertiary/aromatic N) is 1. The second-order valence-electron chi connectivity index (χ2n) is 5.18. The van der Waals surface area contributed by atoms with Gasteiger partial charge in [-0.1, -0.05) is 32.0 Å². The Labute approximate surface area is 106 Å². The van der Waals surface area contributed by atoms with Crippen LogP contribution in [0.25, 0.3) is 0 Å². The summed E-state index contributed by atoms with van der Waals surface area (Å²) >= 11 is 0. The van der Waals surface area contributed by atoms with Crippen molar-refractivity contribution in [2.24, 2.45) is 5.92 Å². The molecule has 0 saturated heterocycles. The molecule has 0 aliphatic rings. The van der Waals surface area contributed by atoms with Crippen molar-refractivity contribution in [2.45, 2.75) is 33.2 Å². The molecule has 0 amide bonds. The first-order valence-electron chi connectivity index (χ1n) is 6.53. The van der Waals surface area contributed by atoms with Gasteiger partial charge in [-0.2, -0.15) is 0 Å². The number of para-hydroxylation sites is 1. The van der Waals surface area contributed by atoms with Crippen LogP contribution in [0.5, 0.6) is 0 Å². The minimum Gasteiger partial charge on any atom is -0.382 e. The molecule has 0 saturated carbocycles. The second kappa shape index (κ2) is 6.65. The molecule has 17 heavy (non-hydrogen) atoms. The molecule has 0 fully saturated rings. The fourth-order valence-electron chi connectivity index (χ4n) is 2.09. The summed E-state index contributed by atoms with van der Waals surface area (Å²) in [5.74, 6) is 0.634. The Bertz CT molecular complexity index is 333. The van der Waals surface area contributed by atoms with Crippen molar-refractivity contribution in [2.75, 3.05) is 26.0 Å². The van der Waals surface area contributed by atoms with Crippen LogP contribution in [0.2, 0.25) is 0 Å². The minimum atomic E-state index is 0.491. The average molecular weight is 234 g/mol. The van der Waals surface area contributed by atoms with Crippen LogP contribution < -0.4 is 5.32 Å². The number of anilines is 1. The van der Waals surface area contributed by atoms with Crippen LogP contribution in [-0.4, -0.2) is 31.6 Å². The number of aryl methyl sites for hydroxylation is 1. The number of nitrogens with one attached hydrogen (secondary N) is 1. The highest BCUT2D eigenvalue weighted by Gasteiger charge is 2.13. The SMILES string of the molecule is CCc1ccccc1N[C@@H](C)C(C)CN(C)C. The normalized spacial score (nSPS) is 14.7. The lowest BCUT2D eigenvalue weighted by atomic mass is 10.0. The summed E-state index contributed by atoms with van der Waals surface area (Å²) in [6.07, 6.45) is 1.08. The third-order valence-electron chi connectivity index (χ3n) is 3.29. The van der Waals surface area contributed by atoms with E-state index in [0.29, 0.717) is 12.0 Å². The van der Waals surface area contributed by atoms with E-state index in [1.807, 2.05) is 0 Å². The molecule has 0 radical (unpaired) electrons. The molecule has 0 aromatic heterocycles. The molecule has 2 nitrogen and oxygen atoms in total. The molecule has 1 rings (SSSR count). The lowest BCUT2D eigenvalue weighted by molar-refractivity contribution is 0.321. The zero-order valence-electron chi connectivity index (χ0n) is 11.8. The molecule has 0 heterocycles. The molecular formula is C15H26N2. The Morgan fingerprint density at radius 1 is 1.18 bits per heavy atom. The van der Waals surface area contributed by atoms with Crippen LogP contribution in [-0.2, 0) is 6.42 Å². The third-order valence-corrected chi connectivity index (χ3v) is 3.29. The van der Waals surface area contributed by atoms with Crippen molar-refractivity contribution in [1.82, 2.24) is 4.90 Å². The van der Waals surface area contributed by atoms with Crippen LogP contribution in [0.4, 0.5) is 5.69 Å². The van der Waals surface area contributed by atoms with Gasteiger partial charge in [0.1, 0.15) is 0 Å². The summed E-state index contributed by atoms with van der Waals surface area (Å²) in [6, 6.07) is 9.08. The maximum Gasteiger partial charge on any atom is 0.0374 e. The van der Waals surface area contributed by atoms with E-state index in [9.17, 15) is 0 Å². The van der Waals surface area contributed by atoms with Crippen molar-refractivity contribution in [3.63, 3.8) is 0 Å². The standard InChI is InChI=1S/C15H26N2/c1-6-14-9-7-8-10-15(14)16-13(3)12(2)11-17(4)5/h7-10,12-13,16H,6,11H2,1-5H3/t12?,13-/m0/s1. The zero-order valence-corrected chi connectivity index (χ0v) is 11.8. The van der Waals surface area contributed by atoms with Crippen molar-refractivity contribution in [1.29, 1.82) is 0 Å². The number of hydrogen-bond donors (Lipinski definition) is 1. The van der Waals surface area contributed by atoms with E-state index < -0.39 is 0 Å². The van der Waals surface area contributed by atoms with Gasteiger partial charge in [-0.15, -0.1) is 0 Å². The highest BCUT2D eigenvalue weighted by Crippen LogP contribution is 2.18.